The lowest BCUT2D eigenvalue weighted by molar-refractivity contribution is -0.146. The molecule has 0 aliphatic heterocycles. The van der Waals surface area contributed by atoms with E-state index >= 15 is 0 Å². The molecule has 1 unspecified atom stereocenters. The van der Waals surface area contributed by atoms with Gasteiger partial charge in [-0.05, 0) is 31.4 Å². The Balaban J connectivity index is 2.55. The van der Waals surface area contributed by atoms with Gasteiger partial charge in [0.25, 0.3) is 0 Å². The van der Waals surface area contributed by atoms with Crippen LogP contribution in [0, 0.1) is 11.2 Å². The van der Waals surface area contributed by atoms with Gasteiger partial charge in [0.2, 0.25) is 5.91 Å². The zero-order valence-corrected chi connectivity index (χ0v) is 11.9. The highest BCUT2D eigenvalue weighted by atomic mass is 19.1. The van der Waals surface area contributed by atoms with Gasteiger partial charge in [0.05, 0.1) is 5.41 Å². The Bertz CT molecular complexity index is 500. The summed E-state index contributed by atoms with van der Waals surface area (Å²) in [6.45, 7) is 4.89. The van der Waals surface area contributed by atoms with E-state index in [1.165, 1.54) is 19.9 Å². The maximum atomic E-state index is 13.6. The van der Waals surface area contributed by atoms with Crippen LogP contribution in [0.4, 0.5) is 4.39 Å². The third-order valence-electron chi connectivity index (χ3n) is 3.23. The van der Waals surface area contributed by atoms with Crippen LogP contribution < -0.4 is 5.32 Å². The number of benzene rings is 1. The molecular weight excluding hydrogens is 261 g/mol. The Kier molecular flexibility index (Phi) is 5.25. The van der Waals surface area contributed by atoms with Crippen molar-refractivity contribution < 1.29 is 19.1 Å². The van der Waals surface area contributed by atoms with Crippen molar-refractivity contribution in [3.63, 3.8) is 0 Å². The summed E-state index contributed by atoms with van der Waals surface area (Å²) in [5.74, 6) is -1.85. The fourth-order valence-electron chi connectivity index (χ4n) is 1.73. The molecule has 0 spiro atoms. The number of carbonyl (C=O) groups is 2. The molecule has 2 N–H and O–H groups in total. The zero-order valence-electron chi connectivity index (χ0n) is 11.9. The number of rotatable bonds is 6. The summed E-state index contributed by atoms with van der Waals surface area (Å²) in [6.07, 6.45) is 0.122. The number of amides is 1. The number of hydrogen-bond donors (Lipinski definition) is 2. The van der Waals surface area contributed by atoms with E-state index in [0.29, 0.717) is 5.56 Å². The highest BCUT2D eigenvalue weighted by Crippen LogP contribution is 2.22. The molecule has 0 heterocycles. The SMILES string of the molecule is CC(CC(=O)NCC(C)(C)C(=O)O)c1ccccc1F. The van der Waals surface area contributed by atoms with E-state index in [2.05, 4.69) is 5.32 Å². The molecule has 1 rings (SSSR count). The van der Waals surface area contributed by atoms with Gasteiger partial charge < -0.3 is 10.4 Å². The fraction of sp³-hybridized carbons (Fsp3) is 0.467. The summed E-state index contributed by atoms with van der Waals surface area (Å²) in [7, 11) is 0. The van der Waals surface area contributed by atoms with E-state index in [0.717, 1.165) is 0 Å². The second-order valence-corrected chi connectivity index (χ2v) is 5.59. The molecule has 0 aliphatic carbocycles. The predicted octanol–water partition coefficient (Wildman–Crippen LogP) is 2.55. The van der Waals surface area contributed by atoms with E-state index in [-0.39, 0.29) is 30.6 Å². The van der Waals surface area contributed by atoms with Crippen molar-refractivity contribution >= 4 is 11.9 Å². The van der Waals surface area contributed by atoms with Gasteiger partial charge in [-0.3, -0.25) is 9.59 Å². The van der Waals surface area contributed by atoms with Crippen molar-refractivity contribution in [3.05, 3.63) is 35.6 Å². The molecule has 0 aromatic heterocycles. The number of aliphatic carboxylic acids is 1. The minimum atomic E-state index is -1.02. The van der Waals surface area contributed by atoms with Crippen LogP contribution in [-0.2, 0) is 9.59 Å². The van der Waals surface area contributed by atoms with Crippen molar-refractivity contribution in [3.8, 4) is 0 Å². The van der Waals surface area contributed by atoms with E-state index < -0.39 is 11.4 Å². The third-order valence-corrected chi connectivity index (χ3v) is 3.23. The molecule has 4 nitrogen and oxygen atoms in total. The maximum Gasteiger partial charge on any atom is 0.310 e. The Labute approximate surface area is 118 Å². The largest absolute Gasteiger partial charge is 0.481 e. The summed E-state index contributed by atoms with van der Waals surface area (Å²) < 4.78 is 13.6. The van der Waals surface area contributed by atoms with Crippen LogP contribution in [0.5, 0.6) is 0 Å². The molecule has 1 atom stereocenters. The van der Waals surface area contributed by atoms with Gasteiger partial charge in [0.15, 0.2) is 0 Å². The Morgan fingerprint density at radius 3 is 2.50 bits per heavy atom. The number of hydrogen-bond acceptors (Lipinski definition) is 2. The third kappa shape index (κ3) is 4.33. The second-order valence-electron chi connectivity index (χ2n) is 5.59. The highest BCUT2D eigenvalue weighted by molar-refractivity contribution is 5.79. The summed E-state index contributed by atoms with van der Waals surface area (Å²) in [5, 5.41) is 11.5. The highest BCUT2D eigenvalue weighted by Gasteiger charge is 2.27. The Morgan fingerprint density at radius 1 is 1.35 bits per heavy atom. The van der Waals surface area contributed by atoms with Gasteiger partial charge in [-0.25, -0.2) is 4.39 Å². The van der Waals surface area contributed by atoms with Crippen LogP contribution in [0.25, 0.3) is 0 Å². The maximum absolute atomic E-state index is 13.6. The molecule has 1 amide bonds. The van der Waals surface area contributed by atoms with Crippen LogP contribution in [0.1, 0.15) is 38.7 Å². The molecule has 1 aromatic rings. The molecule has 0 aliphatic rings. The van der Waals surface area contributed by atoms with Gasteiger partial charge in [0.1, 0.15) is 5.82 Å². The molecule has 110 valence electrons. The molecule has 0 saturated heterocycles. The minimum absolute atomic E-state index is 0.0468. The molecule has 0 saturated carbocycles. The monoisotopic (exact) mass is 281 g/mol. The topological polar surface area (TPSA) is 66.4 Å². The smallest absolute Gasteiger partial charge is 0.310 e. The minimum Gasteiger partial charge on any atom is -0.481 e. The average Bonchev–Trinajstić information content (AvgIpc) is 2.36. The first-order valence-corrected chi connectivity index (χ1v) is 6.48. The number of carboxylic acid groups (broad SMARTS) is 1. The molecular formula is C15H20FNO3. The second kappa shape index (κ2) is 6.50. The first-order valence-electron chi connectivity index (χ1n) is 6.48. The van der Waals surface area contributed by atoms with Crippen molar-refractivity contribution in [2.24, 2.45) is 5.41 Å². The normalized spacial score (nSPS) is 12.8. The lowest BCUT2D eigenvalue weighted by atomic mass is 9.93. The predicted molar refractivity (Wildman–Crippen MR) is 73.9 cm³/mol. The van der Waals surface area contributed by atoms with Gasteiger partial charge >= 0.3 is 5.97 Å². The van der Waals surface area contributed by atoms with Crippen molar-refractivity contribution in [1.29, 1.82) is 0 Å². The van der Waals surface area contributed by atoms with E-state index in [9.17, 15) is 14.0 Å². The van der Waals surface area contributed by atoms with E-state index in [1.807, 2.05) is 0 Å². The summed E-state index contributed by atoms with van der Waals surface area (Å²) in [5.41, 5.74) is -0.531. The summed E-state index contributed by atoms with van der Waals surface area (Å²) in [4.78, 5) is 22.7. The first kappa shape index (κ1) is 16.1. The molecule has 20 heavy (non-hydrogen) atoms. The van der Waals surface area contributed by atoms with Gasteiger partial charge in [-0.1, -0.05) is 25.1 Å². The van der Waals surface area contributed by atoms with Crippen LogP contribution >= 0.6 is 0 Å². The molecule has 0 bridgehead atoms. The molecule has 5 heteroatoms. The van der Waals surface area contributed by atoms with Crippen LogP contribution in [0.2, 0.25) is 0 Å². The lowest BCUT2D eigenvalue weighted by Gasteiger charge is -2.20. The number of carboxylic acids is 1. The average molecular weight is 281 g/mol. The quantitative estimate of drug-likeness (QED) is 0.842. The molecule has 1 aromatic carbocycles. The number of halogens is 1. The molecule has 0 radical (unpaired) electrons. The Hall–Kier alpha value is -1.91. The van der Waals surface area contributed by atoms with Crippen LogP contribution in [-0.4, -0.2) is 23.5 Å². The van der Waals surface area contributed by atoms with Crippen molar-refractivity contribution in [2.45, 2.75) is 33.1 Å². The van der Waals surface area contributed by atoms with E-state index in [4.69, 9.17) is 5.11 Å². The summed E-state index contributed by atoms with van der Waals surface area (Å²) >= 11 is 0. The first-order chi connectivity index (χ1) is 9.24. The van der Waals surface area contributed by atoms with E-state index in [1.54, 1.807) is 25.1 Å². The summed E-state index contributed by atoms with van der Waals surface area (Å²) in [6, 6.07) is 6.33. The number of nitrogens with one attached hydrogen (secondary N) is 1. The van der Waals surface area contributed by atoms with Crippen LogP contribution in [0.15, 0.2) is 24.3 Å². The lowest BCUT2D eigenvalue weighted by Crippen LogP contribution is -2.39. The van der Waals surface area contributed by atoms with Gasteiger partial charge in [0, 0.05) is 13.0 Å². The Morgan fingerprint density at radius 2 is 1.95 bits per heavy atom. The molecule has 0 fully saturated rings. The number of carbonyl (C=O) groups excluding carboxylic acids is 1. The van der Waals surface area contributed by atoms with Gasteiger partial charge in [-0.2, -0.15) is 0 Å². The fourth-order valence-corrected chi connectivity index (χ4v) is 1.73. The van der Waals surface area contributed by atoms with Crippen molar-refractivity contribution in [2.75, 3.05) is 6.54 Å². The van der Waals surface area contributed by atoms with Crippen LogP contribution in [0.3, 0.4) is 0 Å². The zero-order chi connectivity index (χ0) is 15.3. The standard InChI is InChI=1S/C15H20FNO3/c1-10(11-6-4-5-7-12(11)16)8-13(18)17-9-15(2,3)14(19)20/h4-7,10H,8-9H2,1-3H3,(H,17,18)(H,19,20). The van der Waals surface area contributed by atoms with Crippen molar-refractivity contribution in [1.82, 2.24) is 5.32 Å². The van der Waals surface area contributed by atoms with Gasteiger partial charge in [-0.15, -0.1) is 0 Å².